The Morgan fingerprint density at radius 2 is 1.86 bits per heavy atom. The van der Waals surface area contributed by atoms with Crippen LogP contribution in [0.4, 0.5) is 11.4 Å². The van der Waals surface area contributed by atoms with Crippen LogP contribution < -0.4 is 5.32 Å². The van der Waals surface area contributed by atoms with Crippen molar-refractivity contribution < 1.29 is 4.79 Å². The van der Waals surface area contributed by atoms with Gasteiger partial charge >= 0.3 is 0 Å². The van der Waals surface area contributed by atoms with Gasteiger partial charge in [-0.15, -0.1) is 11.6 Å². The number of carbonyl (C=O) groups excluding carboxylic acids is 1. The maximum absolute atomic E-state index is 11.9. The Labute approximate surface area is 137 Å². The molecule has 0 spiro atoms. The summed E-state index contributed by atoms with van der Waals surface area (Å²) in [6.07, 6.45) is 0. The molecule has 0 aromatic heterocycles. The van der Waals surface area contributed by atoms with Crippen molar-refractivity contribution in [3.05, 3.63) is 60.2 Å². The minimum Gasteiger partial charge on any atom is -0.353 e. The number of hydrogen-bond acceptors (Lipinski definition) is 3. The highest BCUT2D eigenvalue weighted by atomic mass is 35.5. The van der Waals surface area contributed by atoms with E-state index in [9.17, 15) is 4.79 Å². The molecule has 1 aliphatic rings. The molecule has 0 fully saturated rings. The SMILES string of the molecule is O=C(CCl)c1ccc2ccc3c(c2c1)Nc1ccccc1S3. The van der Waals surface area contributed by atoms with Crippen molar-refractivity contribution in [1.29, 1.82) is 0 Å². The summed E-state index contributed by atoms with van der Waals surface area (Å²) in [6.45, 7) is 0. The number of Topliss-reactive ketones (excluding diaryl/α,β-unsaturated/α-hetero) is 1. The molecule has 1 N–H and O–H groups in total. The molecule has 0 atom stereocenters. The van der Waals surface area contributed by atoms with Gasteiger partial charge in [-0.05, 0) is 29.7 Å². The molecule has 108 valence electrons. The first-order valence-corrected chi connectivity index (χ1v) is 8.31. The first kappa shape index (κ1) is 13.7. The number of nitrogens with one attached hydrogen (secondary N) is 1. The summed E-state index contributed by atoms with van der Waals surface area (Å²) < 4.78 is 0. The summed E-state index contributed by atoms with van der Waals surface area (Å²) >= 11 is 7.42. The average molecular weight is 326 g/mol. The van der Waals surface area contributed by atoms with Gasteiger partial charge in [0.25, 0.3) is 0 Å². The minimum atomic E-state index is -0.0509. The van der Waals surface area contributed by atoms with Crippen molar-refractivity contribution >= 4 is 51.3 Å². The van der Waals surface area contributed by atoms with E-state index in [0.29, 0.717) is 5.56 Å². The molecular formula is C18H12ClNOS. The Morgan fingerprint density at radius 1 is 1.05 bits per heavy atom. The minimum absolute atomic E-state index is 0.00550. The molecule has 3 aromatic carbocycles. The fraction of sp³-hybridized carbons (Fsp3) is 0.0556. The molecule has 0 saturated carbocycles. The summed E-state index contributed by atoms with van der Waals surface area (Å²) in [4.78, 5) is 14.2. The molecule has 4 heteroatoms. The van der Waals surface area contributed by atoms with Crippen LogP contribution in [0.3, 0.4) is 0 Å². The normalized spacial score (nSPS) is 12.4. The first-order chi connectivity index (χ1) is 10.8. The van der Waals surface area contributed by atoms with Crippen molar-refractivity contribution in [1.82, 2.24) is 0 Å². The molecule has 0 radical (unpaired) electrons. The lowest BCUT2D eigenvalue weighted by Gasteiger charge is -2.22. The lowest BCUT2D eigenvalue weighted by Crippen LogP contribution is -2.03. The van der Waals surface area contributed by atoms with Gasteiger partial charge in [0, 0.05) is 20.7 Å². The average Bonchev–Trinajstić information content (AvgIpc) is 2.58. The van der Waals surface area contributed by atoms with Crippen LogP contribution in [0.2, 0.25) is 0 Å². The molecule has 2 nitrogen and oxygen atoms in total. The lowest BCUT2D eigenvalue weighted by atomic mass is 10.0. The Hall–Kier alpha value is -1.97. The zero-order chi connectivity index (χ0) is 15.1. The third-order valence-corrected chi connectivity index (χ3v) is 5.17. The molecular weight excluding hydrogens is 314 g/mol. The molecule has 0 saturated heterocycles. The van der Waals surface area contributed by atoms with E-state index in [0.717, 1.165) is 22.1 Å². The molecule has 22 heavy (non-hydrogen) atoms. The van der Waals surface area contributed by atoms with Gasteiger partial charge < -0.3 is 5.32 Å². The number of anilines is 2. The van der Waals surface area contributed by atoms with E-state index in [-0.39, 0.29) is 11.7 Å². The van der Waals surface area contributed by atoms with Gasteiger partial charge in [0.05, 0.1) is 17.3 Å². The molecule has 1 aliphatic heterocycles. The monoisotopic (exact) mass is 325 g/mol. The fourth-order valence-electron chi connectivity index (χ4n) is 2.68. The van der Waals surface area contributed by atoms with E-state index < -0.39 is 0 Å². The first-order valence-electron chi connectivity index (χ1n) is 6.96. The van der Waals surface area contributed by atoms with Crippen molar-refractivity contribution in [2.24, 2.45) is 0 Å². The molecule has 3 aromatic rings. The van der Waals surface area contributed by atoms with Crippen molar-refractivity contribution in [3.63, 3.8) is 0 Å². The summed E-state index contributed by atoms with van der Waals surface area (Å²) in [6, 6.07) is 18.2. The molecule has 1 heterocycles. The quantitative estimate of drug-likeness (QED) is 0.391. The summed E-state index contributed by atoms with van der Waals surface area (Å²) in [5, 5.41) is 5.66. The van der Waals surface area contributed by atoms with E-state index in [4.69, 9.17) is 11.6 Å². The standard InChI is InChI=1S/C18H12ClNOS/c19-10-15(21)12-6-5-11-7-8-17-18(13(11)9-12)20-14-3-1-2-4-16(14)22-17/h1-9,20H,10H2. The van der Waals surface area contributed by atoms with Crippen LogP contribution in [-0.2, 0) is 0 Å². The number of fused-ring (bicyclic) bond motifs is 4. The maximum Gasteiger partial charge on any atom is 0.177 e. The van der Waals surface area contributed by atoms with Gasteiger partial charge in [0.15, 0.2) is 5.78 Å². The molecule has 0 bridgehead atoms. The highest BCUT2D eigenvalue weighted by molar-refractivity contribution is 7.99. The molecule has 0 amide bonds. The van der Waals surface area contributed by atoms with Crippen LogP contribution in [0.15, 0.2) is 64.4 Å². The summed E-state index contributed by atoms with van der Waals surface area (Å²) in [7, 11) is 0. The third kappa shape index (κ3) is 2.18. The second-order valence-corrected chi connectivity index (χ2v) is 6.51. The van der Waals surface area contributed by atoms with E-state index in [1.165, 1.54) is 9.79 Å². The number of para-hydroxylation sites is 1. The van der Waals surface area contributed by atoms with Crippen LogP contribution in [0.1, 0.15) is 10.4 Å². The van der Waals surface area contributed by atoms with Gasteiger partial charge in [-0.25, -0.2) is 0 Å². The molecule has 0 unspecified atom stereocenters. The second-order valence-electron chi connectivity index (χ2n) is 5.15. The number of halogens is 1. The number of hydrogen-bond donors (Lipinski definition) is 1. The maximum atomic E-state index is 11.9. The second kappa shape index (κ2) is 5.34. The fourth-order valence-corrected chi connectivity index (χ4v) is 3.84. The Bertz CT molecular complexity index is 907. The van der Waals surface area contributed by atoms with Gasteiger partial charge in [0.1, 0.15) is 0 Å². The highest BCUT2D eigenvalue weighted by Crippen LogP contribution is 2.46. The summed E-state index contributed by atoms with van der Waals surface area (Å²) in [5.74, 6) is -0.0454. The van der Waals surface area contributed by atoms with Crippen LogP contribution in [0.25, 0.3) is 10.8 Å². The topological polar surface area (TPSA) is 29.1 Å². The van der Waals surface area contributed by atoms with Crippen LogP contribution in [0.5, 0.6) is 0 Å². The van der Waals surface area contributed by atoms with E-state index >= 15 is 0 Å². The van der Waals surface area contributed by atoms with Crippen molar-refractivity contribution in [2.75, 3.05) is 11.2 Å². The van der Waals surface area contributed by atoms with Gasteiger partial charge in [0.2, 0.25) is 0 Å². The predicted molar refractivity (Wildman–Crippen MR) is 92.8 cm³/mol. The number of rotatable bonds is 2. The molecule has 0 aliphatic carbocycles. The number of alkyl halides is 1. The van der Waals surface area contributed by atoms with Crippen molar-refractivity contribution in [3.8, 4) is 0 Å². The number of benzene rings is 3. The van der Waals surface area contributed by atoms with E-state index in [1.54, 1.807) is 11.8 Å². The Balaban J connectivity index is 1.91. The lowest BCUT2D eigenvalue weighted by molar-refractivity contribution is 0.102. The molecule has 4 rings (SSSR count). The number of carbonyl (C=O) groups is 1. The third-order valence-electron chi connectivity index (χ3n) is 3.79. The number of ketones is 1. The van der Waals surface area contributed by atoms with Gasteiger partial charge in [-0.1, -0.05) is 42.1 Å². The predicted octanol–water partition coefficient (Wildman–Crippen LogP) is 5.47. The zero-order valence-electron chi connectivity index (χ0n) is 11.6. The largest absolute Gasteiger partial charge is 0.353 e. The van der Waals surface area contributed by atoms with Gasteiger partial charge in [-0.3, -0.25) is 4.79 Å². The van der Waals surface area contributed by atoms with Crippen LogP contribution in [0, 0.1) is 0 Å². The van der Waals surface area contributed by atoms with Gasteiger partial charge in [-0.2, -0.15) is 0 Å². The van der Waals surface area contributed by atoms with E-state index in [2.05, 4.69) is 29.6 Å². The Kier molecular flexibility index (Phi) is 3.32. The zero-order valence-corrected chi connectivity index (χ0v) is 13.2. The smallest absolute Gasteiger partial charge is 0.177 e. The van der Waals surface area contributed by atoms with E-state index in [1.807, 2.05) is 30.3 Å². The Morgan fingerprint density at radius 3 is 2.73 bits per heavy atom. The highest BCUT2D eigenvalue weighted by Gasteiger charge is 2.18. The van der Waals surface area contributed by atoms with Crippen LogP contribution >= 0.6 is 23.4 Å². The summed E-state index contributed by atoms with van der Waals surface area (Å²) in [5.41, 5.74) is 2.81. The van der Waals surface area contributed by atoms with Crippen molar-refractivity contribution in [2.45, 2.75) is 9.79 Å². The van der Waals surface area contributed by atoms with Crippen LogP contribution in [-0.4, -0.2) is 11.7 Å².